The molecule has 19 heavy (non-hydrogen) atoms. The van der Waals surface area contributed by atoms with Gasteiger partial charge in [0, 0.05) is 7.11 Å². The topological polar surface area (TPSA) is 44.8 Å². The van der Waals surface area contributed by atoms with Crippen molar-refractivity contribution >= 4 is 11.8 Å². The summed E-state index contributed by atoms with van der Waals surface area (Å²) in [6.07, 6.45) is -0.0315. The quantitative estimate of drug-likeness (QED) is 0.562. The third kappa shape index (κ3) is 4.37. The molecule has 0 fully saturated rings. The highest BCUT2D eigenvalue weighted by Crippen LogP contribution is 2.30. The van der Waals surface area contributed by atoms with Crippen LogP contribution in [0.3, 0.4) is 0 Å². The summed E-state index contributed by atoms with van der Waals surface area (Å²) in [7, 11) is 2.83. The Labute approximate surface area is 111 Å². The van der Waals surface area contributed by atoms with E-state index in [1.807, 2.05) is 0 Å². The number of ether oxygens (including phenoxy) is 3. The summed E-state index contributed by atoms with van der Waals surface area (Å²) >= 11 is 0. The Morgan fingerprint density at radius 2 is 2.05 bits per heavy atom. The van der Waals surface area contributed by atoms with Crippen molar-refractivity contribution in [1.29, 1.82) is 0 Å². The Kier molecular flexibility index (Phi) is 6.02. The maximum Gasteiger partial charge on any atom is 0.310 e. The van der Waals surface area contributed by atoms with E-state index in [1.165, 1.54) is 7.11 Å². The van der Waals surface area contributed by atoms with Gasteiger partial charge in [-0.15, -0.1) is 0 Å². The van der Waals surface area contributed by atoms with E-state index in [9.17, 15) is 9.18 Å². The van der Waals surface area contributed by atoms with Gasteiger partial charge in [-0.3, -0.25) is 4.79 Å². The molecule has 1 rings (SSSR count). The standard InChI is InChI=1S/C14H17FO4/c1-10(15)14-11(9-13(16)18-3)5-4-6-12(14)19-8-7-17-2/h4-6H,1,7-9H2,2-3H3. The molecule has 0 radical (unpaired) electrons. The molecule has 0 spiro atoms. The van der Waals surface area contributed by atoms with Crippen LogP contribution in [-0.2, 0) is 20.7 Å². The van der Waals surface area contributed by atoms with Gasteiger partial charge in [0.2, 0.25) is 0 Å². The highest BCUT2D eigenvalue weighted by molar-refractivity contribution is 5.77. The zero-order chi connectivity index (χ0) is 14.3. The zero-order valence-corrected chi connectivity index (χ0v) is 11.1. The number of halogens is 1. The van der Waals surface area contributed by atoms with Crippen LogP contribution in [0.25, 0.3) is 5.83 Å². The van der Waals surface area contributed by atoms with Crippen molar-refractivity contribution in [2.45, 2.75) is 6.42 Å². The smallest absolute Gasteiger partial charge is 0.310 e. The first kappa shape index (κ1) is 15.2. The van der Waals surface area contributed by atoms with Crippen LogP contribution in [0.15, 0.2) is 24.8 Å². The average Bonchev–Trinajstić information content (AvgIpc) is 2.38. The summed E-state index contributed by atoms with van der Waals surface area (Å²) in [5.41, 5.74) is 0.679. The second-order valence-corrected chi connectivity index (χ2v) is 3.79. The predicted molar refractivity (Wildman–Crippen MR) is 69.7 cm³/mol. The number of benzene rings is 1. The van der Waals surface area contributed by atoms with Crippen LogP contribution in [0.4, 0.5) is 4.39 Å². The van der Waals surface area contributed by atoms with Gasteiger partial charge in [0.1, 0.15) is 18.2 Å². The Balaban J connectivity index is 3.00. The van der Waals surface area contributed by atoms with Crippen LogP contribution in [-0.4, -0.2) is 33.4 Å². The van der Waals surface area contributed by atoms with Gasteiger partial charge in [0.15, 0.2) is 0 Å². The van der Waals surface area contributed by atoms with Gasteiger partial charge in [-0.05, 0) is 11.6 Å². The molecule has 0 N–H and O–H groups in total. The SMILES string of the molecule is C=C(F)c1c(CC(=O)OC)cccc1OCCOC. The van der Waals surface area contributed by atoms with Gasteiger partial charge < -0.3 is 14.2 Å². The van der Waals surface area contributed by atoms with E-state index >= 15 is 0 Å². The maximum atomic E-state index is 13.6. The summed E-state index contributed by atoms with van der Waals surface area (Å²) < 4.78 is 28.4. The summed E-state index contributed by atoms with van der Waals surface area (Å²) in [6.45, 7) is 3.96. The number of hydrogen-bond donors (Lipinski definition) is 0. The van der Waals surface area contributed by atoms with Gasteiger partial charge in [0.05, 0.1) is 25.7 Å². The zero-order valence-electron chi connectivity index (χ0n) is 11.1. The van der Waals surface area contributed by atoms with E-state index in [-0.39, 0.29) is 12.0 Å². The van der Waals surface area contributed by atoms with Crippen molar-refractivity contribution in [3.63, 3.8) is 0 Å². The molecule has 0 aromatic heterocycles. The molecule has 1 aromatic carbocycles. The molecule has 4 nitrogen and oxygen atoms in total. The average molecular weight is 268 g/mol. The molecule has 0 unspecified atom stereocenters. The maximum absolute atomic E-state index is 13.6. The minimum atomic E-state index is -0.646. The number of carbonyl (C=O) groups excluding carboxylic acids is 1. The van der Waals surface area contributed by atoms with Crippen molar-refractivity contribution in [2.24, 2.45) is 0 Å². The third-order valence-corrected chi connectivity index (χ3v) is 2.49. The molecule has 0 amide bonds. The molecular formula is C14H17FO4. The predicted octanol–water partition coefficient (Wildman–Crippen LogP) is 2.37. The fraction of sp³-hybridized carbons (Fsp3) is 0.357. The number of esters is 1. The molecule has 0 saturated carbocycles. The van der Waals surface area contributed by atoms with E-state index in [1.54, 1.807) is 25.3 Å². The van der Waals surface area contributed by atoms with Crippen molar-refractivity contribution in [1.82, 2.24) is 0 Å². The van der Waals surface area contributed by atoms with Gasteiger partial charge in [-0.1, -0.05) is 18.7 Å². The lowest BCUT2D eigenvalue weighted by molar-refractivity contribution is -0.139. The first-order valence-corrected chi connectivity index (χ1v) is 5.75. The highest BCUT2D eigenvalue weighted by Gasteiger charge is 2.15. The summed E-state index contributed by atoms with van der Waals surface area (Å²) in [4.78, 5) is 11.3. The normalized spacial score (nSPS) is 10.1. The monoisotopic (exact) mass is 268 g/mol. The fourth-order valence-corrected chi connectivity index (χ4v) is 1.61. The lowest BCUT2D eigenvalue weighted by Gasteiger charge is -2.13. The van der Waals surface area contributed by atoms with Gasteiger partial charge >= 0.3 is 5.97 Å². The molecule has 0 saturated heterocycles. The lowest BCUT2D eigenvalue weighted by Crippen LogP contribution is -2.09. The molecule has 0 aliphatic carbocycles. The van der Waals surface area contributed by atoms with Crippen LogP contribution in [0.2, 0.25) is 0 Å². The van der Waals surface area contributed by atoms with E-state index in [0.717, 1.165) is 0 Å². The minimum Gasteiger partial charge on any atom is -0.490 e. The third-order valence-electron chi connectivity index (χ3n) is 2.49. The molecule has 0 aliphatic heterocycles. The van der Waals surface area contributed by atoms with Crippen LogP contribution in [0.5, 0.6) is 5.75 Å². The Hall–Kier alpha value is -1.88. The first-order valence-electron chi connectivity index (χ1n) is 5.75. The molecule has 5 heteroatoms. The fourth-order valence-electron chi connectivity index (χ4n) is 1.61. The van der Waals surface area contributed by atoms with Crippen LogP contribution in [0, 0.1) is 0 Å². The molecule has 1 aromatic rings. The lowest BCUT2D eigenvalue weighted by atomic mass is 10.0. The van der Waals surface area contributed by atoms with Gasteiger partial charge in [-0.2, -0.15) is 0 Å². The van der Waals surface area contributed by atoms with Crippen molar-refractivity contribution < 1.29 is 23.4 Å². The highest BCUT2D eigenvalue weighted by atomic mass is 19.1. The van der Waals surface area contributed by atoms with E-state index in [0.29, 0.717) is 24.5 Å². The molecule has 0 atom stereocenters. The summed E-state index contributed by atoms with van der Waals surface area (Å²) in [6, 6.07) is 4.95. The summed E-state index contributed by atoms with van der Waals surface area (Å²) in [5.74, 6) is -0.755. The van der Waals surface area contributed by atoms with Crippen molar-refractivity contribution in [3.8, 4) is 5.75 Å². The minimum absolute atomic E-state index is 0.0315. The first-order chi connectivity index (χ1) is 9.10. The number of hydrogen-bond acceptors (Lipinski definition) is 4. The number of carbonyl (C=O) groups is 1. The Morgan fingerprint density at radius 1 is 1.32 bits per heavy atom. The van der Waals surface area contributed by atoms with Gasteiger partial charge in [0.25, 0.3) is 0 Å². The second-order valence-electron chi connectivity index (χ2n) is 3.79. The van der Waals surface area contributed by atoms with E-state index in [2.05, 4.69) is 11.3 Å². The van der Waals surface area contributed by atoms with Crippen molar-refractivity contribution in [3.05, 3.63) is 35.9 Å². The van der Waals surface area contributed by atoms with Crippen LogP contribution < -0.4 is 4.74 Å². The molecule has 104 valence electrons. The molecule has 0 heterocycles. The Morgan fingerprint density at radius 3 is 2.63 bits per heavy atom. The van der Waals surface area contributed by atoms with E-state index in [4.69, 9.17) is 9.47 Å². The Bertz CT molecular complexity index is 457. The number of rotatable bonds is 7. The molecule has 0 aliphatic rings. The van der Waals surface area contributed by atoms with Crippen LogP contribution >= 0.6 is 0 Å². The van der Waals surface area contributed by atoms with Gasteiger partial charge in [-0.25, -0.2) is 4.39 Å². The van der Waals surface area contributed by atoms with Crippen LogP contribution in [0.1, 0.15) is 11.1 Å². The number of methoxy groups -OCH3 is 2. The molecular weight excluding hydrogens is 251 g/mol. The second kappa shape index (κ2) is 7.53. The van der Waals surface area contributed by atoms with Crippen molar-refractivity contribution in [2.75, 3.05) is 27.4 Å². The summed E-state index contributed by atoms with van der Waals surface area (Å²) in [5, 5.41) is 0. The van der Waals surface area contributed by atoms with E-state index < -0.39 is 11.8 Å². The largest absolute Gasteiger partial charge is 0.490 e. The molecule has 0 bridgehead atoms.